The zero-order chi connectivity index (χ0) is 14.7. The Kier molecular flexibility index (Phi) is 4.59. The van der Waals surface area contributed by atoms with Crippen molar-refractivity contribution in [1.82, 2.24) is 15.0 Å². The number of hydrogen-bond donors (Lipinski definition) is 1. The van der Waals surface area contributed by atoms with Crippen molar-refractivity contribution in [2.45, 2.75) is 46.0 Å². The van der Waals surface area contributed by atoms with Crippen LogP contribution in [0.15, 0.2) is 0 Å². The van der Waals surface area contributed by atoms with Gasteiger partial charge in [0.1, 0.15) is 0 Å². The number of nitrogens with zero attached hydrogens (tertiary/aromatic N) is 4. The van der Waals surface area contributed by atoms with Crippen LogP contribution in [0.1, 0.15) is 27.7 Å². The topological polar surface area (TPSA) is 72.4 Å². The molecule has 1 aliphatic rings. The first-order valence-corrected chi connectivity index (χ1v) is 6.98. The van der Waals surface area contributed by atoms with Crippen LogP contribution in [0.3, 0.4) is 0 Å². The fourth-order valence-corrected chi connectivity index (χ4v) is 2.20. The summed E-state index contributed by atoms with van der Waals surface area (Å²) in [4.78, 5) is 15.1. The van der Waals surface area contributed by atoms with Crippen LogP contribution in [0.2, 0.25) is 0 Å². The number of ether oxygens (including phenoxy) is 2. The maximum Gasteiger partial charge on any atom is 0.323 e. The van der Waals surface area contributed by atoms with Crippen molar-refractivity contribution in [3.63, 3.8) is 0 Å². The highest BCUT2D eigenvalue weighted by Crippen LogP contribution is 2.20. The highest BCUT2D eigenvalue weighted by molar-refractivity contribution is 5.38. The lowest BCUT2D eigenvalue weighted by atomic mass is 10.2. The lowest BCUT2D eigenvalue weighted by Crippen LogP contribution is -2.46. The average Bonchev–Trinajstić information content (AvgIpc) is 2.36. The van der Waals surface area contributed by atoms with Crippen LogP contribution >= 0.6 is 0 Å². The molecule has 112 valence electrons. The standard InChI is InChI=1S/C13H23N5O2/c1-8(2)19-13-16-11(14-5)15-12(17-13)18-6-9(3)20-10(4)7-18/h8-10H,6-7H2,1-5H3,(H,14,15,16,17)/t9-,10+. The van der Waals surface area contributed by atoms with Gasteiger partial charge in [-0.3, -0.25) is 0 Å². The molecule has 0 saturated carbocycles. The van der Waals surface area contributed by atoms with Crippen molar-refractivity contribution < 1.29 is 9.47 Å². The van der Waals surface area contributed by atoms with Gasteiger partial charge in [0.15, 0.2) is 0 Å². The molecule has 2 rings (SSSR count). The third-order valence-electron chi connectivity index (χ3n) is 2.87. The Labute approximate surface area is 119 Å². The zero-order valence-electron chi connectivity index (χ0n) is 12.8. The largest absolute Gasteiger partial charge is 0.461 e. The van der Waals surface area contributed by atoms with Crippen LogP contribution in [-0.2, 0) is 4.74 Å². The summed E-state index contributed by atoms with van der Waals surface area (Å²) in [6, 6.07) is 0.348. The molecule has 7 nitrogen and oxygen atoms in total. The Balaban J connectivity index is 2.25. The Morgan fingerprint density at radius 2 is 1.85 bits per heavy atom. The average molecular weight is 281 g/mol. The van der Waals surface area contributed by atoms with Gasteiger partial charge in [0.25, 0.3) is 0 Å². The first kappa shape index (κ1) is 14.8. The summed E-state index contributed by atoms with van der Waals surface area (Å²) in [6.45, 7) is 9.52. The van der Waals surface area contributed by atoms with E-state index in [-0.39, 0.29) is 18.3 Å². The van der Waals surface area contributed by atoms with Gasteiger partial charge in [0.2, 0.25) is 11.9 Å². The van der Waals surface area contributed by atoms with E-state index in [0.717, 1.165) is 13.1 Å². The molecule has 0 radical (unpaired) electrons. The van der Waals surface area contributed by atoms with Crippen molar-refractivity contribution >= 4 is 11.9 Å². The highest BCUT2D eigenvalue weighted by Gasteiger charge is 2.25. The van der Waals surface area contributed by atoms with Crippen LogP contribution in [0.4, 0.5) is 11.9 Å². The molecular formula is C13H23N5O2. The van der Waals surface area contributed by atoms with Gasteiger partial charge in [0.05, 0.1) is 18.3 Å². The van der Waals surface area contributed by atoms with E-state index in [1.54, 1.807) is 7.05 Å². The predicted molar refractivity (Wildman–Crippen MR) is 77.4 cm³/mol. The Morgan fingerprint density at radius 3 is 2.40 bits per heavy atom. The van der Waals surface area contributed by atoms with Crippen molar-refractivity contribution in [2.24, 2.45) is 0 Å². The van der Waals surface area contributed by atoms with Crippen molar-refractivity contribution in [2.75, 3.05) is 30.4 Å². The maximum atomic E-state index is 5.73. The number of morpholine rings is 1. The van der Waals surface area contributed by atoms with Crippen molar-refractivity contribution in [3.8, 4) is 6.01 Å². The van der Waals surface area contributed by atoms with Crippen molar-refractivity contribution in [3.05, 3.63) is 0 Å². The molecule has 2 atom stereocenters. The molecule has 20 heavy (non-hydrogen) atoms. The van der Waals surface area contributed by atoms with E-state index in [2.05, 4.69) is 25.2 Å². The highest BCUT2D eigenvalue weighted by atomic mass is 16.5. The third-order valence-corrected chi connectivity index (χ3v) is 2.87. The molecule has 0 spiro atoms. The molecule has 0 aliphatic carbocycles. The van der Waals surface area contributed by atoms with Gasteiger partial charge in [-0.1, -0.05) is 0 Å². The summed E-state index contributed by atoms with van der Waals surface area (Å²) < 4.78 is 11.3. The normalized spacial score (nSPS) is 23.0. The van der Waals surface area contributed by atoms with E-state index in [0.29, 0.717) is 17.9 Å². The minimum absolute atomic E-state index is 0.0255. The van der Waals surface area contributed by atoms with Crippen molar-refractivity contribution in [1.29, 1.82) is 0 Å². The van der Waals surface area contributed by atoms with E-state index in [1.807, 2.05) is 27.7 Å². The van der Waals surface area contributed by atoms with E-state index < -0.39 is 0 Å². The molecule has 1 aromatic heterocycles. The van der Waals surface area contributed by atoms with Crippen LogP contribution in [0.25, 0.3) is 0 Å². The summed E-state index contributed by atoms with van der Waals surface area (Å²) >= 11 is 0. The molecule has 1 N–H and O–H groups in total. The maximum absolute atomic E-state index is 5.73. The Bertz CT molecular complexity index is 444. The number of nitrogens with one attached hydrogen (secondary N) is 1. The van der Waals surface area contributed by atoms with E-state index in [9.17, 15) is 0 Å². The fraction of sp³-hybridized carbons (Fsp3) is 0.769. The number of hydrogen-bond acceptors (Lipinski definition) is 7. The second-order valence-electron chi connectivity index (χ2n) is 5.32. The molecular weight excluding hydrogens is 258 g/mol. The monoisotopic (exact) mass is 281 g/mol. The van der Waals surface area contributed by atoms with Crippen LogP contribution in [0.5, 0.6) is 6.01 Å². The van der Waals surface area contributed by atoms with Crippen LogP contribution < -0.4 is 15.0 Å². The predicted octanol–water partition coefficient (Wildman–Crippen LogP) is 1.31. The molecule has 7 heteroatoms. The molecule has 0 bridgehead atoms. The summed E-state index contributed by atoms with van der Waals surface area (Å²) in [5.41, 5.74) is 0. The van der Waals surface area contributed by atoms with Gasteiger partial charge < -0.3 is 19.7 Å². The van der Waals surface area contributed by atoms with Gasteiger partial charge in [0, 0.05) is 20.1 Å². The van der Waals surface area contributed by atoms with Crippen LogP contribution in [0, 0.1) is 0 Å². The van der Waals surface area contributed by atoms with Gasteiger partial charge in [-0.15, -0.1) is 0 Å². The number of aromatic nitrogens is 3. The minimum atomic E-state index is 0.0255. The second kappa shape index (κ2) is 6.21. The molecule has 1 aromatic rings. The van der Waals surface area contributed by atoms with E-state index >= 15 is 0 Å². The van der Waals surface area contributed by atoms with Gasteiger partial charge in [-0.2, -0.15) is 15.0 Å². The van der Waals surface area contributed by atoms with Gasteiger partial charge >= 0.3 is 6.01 Å². The first-order valence-electron chi connectivity index (χ1n) is 6.98. The van der Waals surface area contributed by atoms with Crippen LogP contribution in [-0.4, -0.2) is 53.4 Å². The summed E-state index contributed by atoms with van der Waals surface area (Å²) in [7, 11) is 1.78. The quantitative estimate of drug-likeness (QED) is 0.892. The van der Waals surface area contributed by atoms with Gasteiger partial charge in [-0.05, 0) is 27.7 Å². The summed E-state index contributed by atoms with van der Waals surface area (Å²) in [5.74, 6) is 1.14. The summed E-state index contributed by atoms with van der Waals surface area (Å²) in [5, 5.41) is 2.94. The van der Waals surface area contributed by atoms with E-state index in [4.69, 9.17) is 9.47 Å². The molecule has 1 fully saturated rings. The number of anilines is 2. The second-order valence-corrected chi connectivity index (χ2v) is 5.32. The lowest BCUT2D eigenvalue weighted by Gasteiger charge is -2.35. The lowest BCUT2D eigenvalue weighted by molar-refractivity contribution is -0.00578. The minimum Gasteiger partial charge on any atom is -0.461 e. The van der Waals surface area contributed by atoms with E-state index in [1.165, 1.54) is 0 Å². The molecule has 0 amide bonds. The SMILES string of the molecule is CNc1nc(OC(C)C)nc(N2C[C@@H](C)O[C@@H](C)C2)n1. The summed E-state index contributed by atoms with van der Waals surface area (Å²) in [6.07, 6.45) is 0.337. The Morgan fingerprint density at radius 1 is 1.20 bits per heavy atom. The molecule has 1 saturated heterocycles. The molecule has 0 unspecified atom stereocenters. The zero-order valence-corrected chi connectivity index (χ0v) is 12.8. The molecule has 1 aliphatic heterocycles. The first-order chi connectivity index (χ1) is 9.47. The third kappa shape index (κ3) is 3.69. The van der Waals surface area contributed by atoms with Gasteiger partial charge in [-0.25, -0.2) is 0 Å². The molecule has 0 aromatic carbocycles. The Hall–Kier alpha value is -1.63. The fourth-order valence-electron chi connectivity index (χ4n) is 2.20. The molecule has 2 heterocycles. The smallest absolute Gasteiger partial charge is 0.323 e. The number of rotatable bonds is 4.